The van der Waals surface area contributed by atoms with E-state index in [4.69, 9.17) is 4.18 Å². The molecule has 0 bridgehead atoms. The summed E-state index contributed by atoms with van der Waals surface area (Å²) in [6, 6.07) is 13.5. The molecule has 2 aromatic carbocycles. The van der Waals surface area contributed by atoms with Gasteiger partial charge in [-0.05, 0) is 70.7 Å². The predicted molar refractivity (Wildman–Crippen MR) is 81.0 cm³/mol. The molecule has 0 spiro atoms. The number of benzene rings is 2. The van der Waals surface area contributed by atoms with Gasteiger partial charge < -0.3 is 0 Å². The number of fused-ring (bicyclic) bond motifs is 1. The van der Waals surface area contributed by atoms with Gasteiger partial charge in [-0.2, -0.15) is 0 Å². The number of rotatable bonds is 2. The molecule has 0 heterocycles. The molecule has 90 valence electrons. The zero-order chi connectivity index (χ0) is 12.5. The standard InChI is InChI=1S/C11H7Br3O2S/c12-11(13,14)16-17(15)10-6-5-8-3-1-2-4-9(8)7-10/h1-7H. The molecule has 0 fully saturated rings. The normalized spacial score (nSPS) is 13.8. The largest absolute Gasteiger partial charge is 0.248 e. The monoisotopic (exact) mass is 440 g/mol. The fraction of sp³-hybridized carbons (Fsp3) is 0.0909. The molecule has 0 aliphatic rings. The Morgan fingerprint density at radius 1 is 1.00 bits per heavy atom. The molecular weight excluding hydrogens is 436 g/mol. The van der Waals surface area contributed by atoms with Crippen molar-refractivity contribution in [2.24, 2.45) is 0 Å². The lowest BCUT2D eigenvalue weighted by molar-refractivity contribution is 0.389. The minimum absolute atomic E-state index is 0.617. The van der Waals surface area contributed by atoms with Gasteiger partial charge in [0.15, 0.2) is 11.1 Å². The van der Waals surface area contributed by atoms with Gasteiger partial charge in [-0.1, -0.05) is 30.3 Å². The van der Waals surface area contributed by atoms with E-state index in [9.17, 15) is 4.21 Å². The third-order valence-electron chi connectivity index (χ3n) is 2.08. The van der Waals surface area contributed by atoms with E-state index in [1.165, 1.54) is 0 Å². The maximum atomic E-state index is 11.9. The molecule has 0 N–H and O–H groups in total. The van der Waals surface area contributed by atoms with Gasteiger partial charge in [0.2, 0.25) is 2.33 Å². The van der Waals surface area contributed by atoms with Crippen LogP contribution in [-0.4, -0.2) is 6.54 Å². The fourth-order valence-corrected chi connectivity index (χ4v) is 3.16. The summed E-state index contributed by atoms with van der Waals surface area (Å²) in [5.74, 6) is 0. The van der Waals surface area contributed by atoms with Crippen LogP contribution in [0.3, 0.4) is 0 Å². The minimum atomic E-state index is -1.55. The molecule has 1 unspecified atom stereocenters. The Labute approximate surface area is 127 Å². The molecule has 0 aromatic heterocycles. The highest BCUT2D eigenvalue weighted by Gasteiger charge is 2.23. The Bertz CT molecular complexity index is 566. The van der Waals surface area contributed by atoms with Crippen molar-refractivity contribution in [2.45, 2.75) is 7.22 Å². The third-order valence-corrected chi connectivity index (χ3v) is 4.25. The summed E-state index contributed by atoms with van der Waals surface area (Å²) < 4.78 is 16.1. The average Bonchev–Trinajstić information content (AvgIpc) is 2.26. The molecule has 2 rings (SSSR count). The Morgan fingerprint density at radius 3 is 2.29 bits per heavy atom. The maximum Gasteiger partial charge on any atom is 0.248 e. The van der Waals surface area contributed by atoms with Crippen LogP contribution in [0.2, 0.25) is 0 Å². The number of alkyl halides is 3. The summed E-state index contributed by atoms with van der Waals surface area (Å²) in [5, 5.41) is 2.14. The first-order valence-electron chi connectivity index (χ1n) is 4.62. The Morgan fingerprint density at radius 2 is 1.65 bits per heavy atom. The van der Waals surface area contributed by atoms with E-state index in [2.05, 4.69) is 47.8 Å². The van der Waals surface area contributed by atoms with E-state index >= 15 is 0 Å². The highest BCUT2D eigenvalue weighted by atomic mass is 80.0. The lowest BCUT2D eigenvalue weighted by Crippen LogP contribution is -2.09. The van der Waals surface area contributed by atoms with Crippen LogP contribution in [0.4, 0.5) is 0 Å². The molecular formula is C11H7Br3O2S. The second kappa shape index (κ2) is 5.48. The smallest absolute Gasteiger partial charge is 0.245 e. The van der Waals surface area contributed by atoms with E-state index in [-0.39, 0.29) is 0 Å². The fourth-order valence-electron chi connectivity index (χ4n) is 1.41. The first-order chi connectivity index (χ1) is 7.96. The van der Waals surface area contributed by atoms with Crippen LogP contribution < -0.4 is 0 Å². The first-order valence-corrected chi connectivity index (χ1v) is 8.08. The van der Waals surface area contributed by atoms with Gasteiger partial charge in [0.1, 0.15) is 0 Å². The van der Waals surface area contributed by atoms with Gasteiger partial charge in [-0.15, -0.1) is 0 Å². The molecule has 17 heavy (non-hydrogen) atoms. The quantitative estimate of drug-likeness (QED) is 0.631. The average molecular weight is 443 g/mol. The van der Waals surface area contributed by atoms with Crippen molar-refractivity contribution in [3.63, 3.8) is 0 Å². The number of halogens is 3. The third kappa shape index (κ3) is 3.86. The molecule has 1 atom stereocenters. The Balaban J connectivity index is 2.33. The van der Waals surface area contributed by atoms with Crippen molar-refractivity contribution in [1.29, 1.82) is 0 Å². The van der Waals surface area contributed by atoms with Crippen molar-refractivity contribution in [3.8, 4) is 0 Å². The van der Waals surface area contributed by atoms with Crippen molar-refractivity contribution in [3.05, 3.63) is 42.5 Å². The van der Waals surface area contributed by atoms with E-state index in [1.54, 1.807) is 6.07 Å². The molecule has 0 saturated carbocycles. The number of hydrogen-bond acceptors (Lipinski definition) is 2. The van der Waals surface area contributed by atoms with E-state index in [0.717, 1.165) is 10.8 Å². The highest BCUT2D eigenvalue weighted by molar-refractivity contribution is 9.39. The molecule has 2 nitrogen and oxygen atoms in total. The van der Waals surface area contributed by atoms with Gasteiger partial charge >= 0.3 is 0 Å². The molecule has 2 aromatic rings. The maximum absolute atomic E-state index is 11.9. The van der Waals surface area contributed by atoms with Crippen molar-refractivity contribution in [1.82, 2.24) is 0 Å². The lowest BCUT2D eigenvalue weighted by atomic mass is 10.1. The lowest BCUT2D eigenvalue weighted by Gasteiger charge is -2.12. The first kappa shape index (κ1) is 13.7. The van der Waals surface area contributed by atoms with E-state index in [1.807, 2.05) is 36.4 Å². The molecule has 0 saturated heterocycles. The molecule has 0 amide bonds. The summed E-state index contributed by atoms with van der Waals surface area (Å²) in [5.41, 5.74) is 0. The SMILES string of the molecule is O=S(OC(Br)(Br)Br)c1ccc2ccccc2c1. The van der Waals surface area contributed by atoms with Crippen LogP contribution in [-0.2, 0) is 15.3 Å². The van der Waals surface area contributed by atoms with Crippen LogP contribution >= 0.6 is 47.8 Å². The summed E-state index contributed by atoms with van der Waals surface area (Å²) in [4.78, 5) is 0.617. The van der Waals surface area contributed by atoms with Gasteiger partial charge in [0, 0.05) is 0 Å². The van der Waals surface area contributed by atoms with E-state index < -0.39 is 13.4 Å². The van der Waals surface area contributed by atoms with Crippen molar-refractivity contribution < 1.29 is 8.39 Å². The van der Waals surface area contributed by atoms with Gasteiger partial charge in [0.05, 0.1) is 4.90 Å². The van der Waals surface area contributed by atoms with Crippen molar-refractivity contribution >= 4 is 69.6 Å². The Kier molecular flexibility index (Phi) is 4.41. The minimum Gasteiger partial charge on any atom is -0.245 e. The van der Waals surface area contributed by atoms with Crippen LogP contribution in [0, 0.1) is 0 Å². The molecule has 6 heteroatoms. The predicted octanol–water partition coefficient (Wildman–Crippen LogP) is 4.68. The van der Waals surface area contributed by atoms with Crippen molar-refractivity contribution in [2.75, 3.05) is 0 Å². The second-order valence-corrected chi connectivity index (χ2v) is 10.9. The van der Waals surface area contributed by atoms with Gasteiger partial charge in [-0.3, -0.25) is 0 Å². The highest BCUT2D eigenvalue weighted by Crippen LogP contribution is 2.36. The van der Waals surface area contributed by atoms with Gasteiger partial charge in [0.25, 0.3) is 0 Å². The zero-order valence-electron chi connectivity index (χ0n) is 8.40. The second-order valence-electron chi connectivity index (χ2n) is 3.27. The Hall–Kier alpha value is 0.250. The molecule has 0 aliphatic carbocycles. The topological polar surface area (TPSA) is 26.3 Å². The van der Waals surface area contributed by atoms with Crippen LogP contribution in [0.5, 0.6) is 0 Å². The summed E-state index contributed by atoms with van der Waals surface area (Å²) in [6.45, 7) is 0. The molecule has 0 radical (unpaired) electrons. The zero-order valence-corrected chi connectivity index (χ0v) is 14.0. The van der Waals surface area contributed by atoms with Crippen LogP contribution in [0.1, 0.15) is 0 Å². The number of hydrogen-bond donors (Lipinski definition) is 0. The van der Waals surface area contributed by atoms with Crippen LogP contribution in [0.15, 0.2) is 47.4 Å². The van der Waals surface area contributed by atoms with Gasteiger partial charge in [-0.25, -0.2) is 8.39 Å². The van der Waals surface area contributed by atoms with E-state index in [0.29, 0.717) is 4.90 Å². The summed E-state index contributed by atoms with van der Waals surface area (Å²) >= 11 is 7.88. The summed E-state index contributed by atoms with van der Waals surface area (Å²) in [7, 11) is 0. The van der Waals surface area contributed by atoms with Crippen LogP contribution in [0.25, 0.3) is 10.8 Å². The molecule has 0 aliphatic heterocycles. The summed E-state index contributed by atoms with van der Waals surface area (Å²) in [6.07, 6.45) is 0.